The Balaban J connectivity index is 1.88. The molecule has 2 rings (SSSR count). The lowest BCUT2D eigenvalue weighted by Crippen LogP contribution is -2.09. The zero-order valence-electron chi connectivity index (χ0n) is 10.5. The molecule has 0 aliphatic rings. The van der Waals surface area contributed by atoms with Gasteiger partial charge in [0.2, 0.25) is 5.89 Å². The molecule has 0 saturated heterocycles. The van der Waals surface area contributed by atoms with Crippen molar-refractivity contribution >= 4 is 11.8 Å². The van der Waals surface area contributed by atoms with Crippen LogP contribution in [0.15, 0.2) is 22.7 Å². The number of carbonyl (C=O) groups is 1. The standard InChI is InChI=1S/C12H14N4O3/c1-2-11-15-10(16-19-11)6-7-13-9-5-3-4-8(14-9)12(17)18/h3-5H,2,6-7H2,1H3,(H,13,14)(H,17,18). The molecule has 2 aromatic heterocycles. The van der Waals surface area contributed by atoms with E-state index in [0.29, 0.717) is 36.9 Å². The first-order valence-electron chi connectivity index (χ1n) is 5.94. The molecular formula is C12H14N4O3. The number of nitrogens with zero attached hydrogens (tertiary/aromatic N) is 3. The highest BCUT2D eigenvalue weighted by Crippen LogP contribution is 2.05. The van der Waals surface area contributed by atoms with Crippen LogP contribution in [0.25, 0.3) is 0 Å². The Hall–Kier alpha value is -2.44. The Morgan fingerprint density at radius 2 is 2.26 bits per heavy atom. The number of nitrogens with one attached hydrogen (secondary N) is 1. The summed E-state index contributed by atoms with van der Waals surface area (Å²) in [5, 5.41) is 15.7. The third-order valence-corrected chi connectivity index (χ3v) is 2.44. The van der Waals surface area contributed by atoms with E-state index in [1.54, 1.807) is 12.1 Å². The lowest BCUT2D eigenvalue weighted by molar-refractivity contribution is 0.0690. The molecule has 0 aliphatic heterocycles. The van der Waals surface area contributed by atoms with E-state index in [9.17, 15) is 4.79 Å². The maximum atomic E-state index is 10.8. The number of aryl methyl sites for hydroxylation is 1. The van der Waals surface area contributed by atoms with Gasteiger partial charge in [-0.25, -0.2) is 9.78 Å². The maximum absolute atomic E-state index is 10.8. The molecule has 0 saturated carbocycles. The zero-order chi connectivity index (χ0) is 13.7. The van der Waals surface area contributed by atoms with E-state index in [-0.39, 0.29) is 5.69 Å². The number of carboxylic acids is 1. The van der Waals surface area contributed by atoms with Gasteiger partial charge in [0, 0.05) is 19.4 Å². The van der Waals surface area contributed by atoms with Crippen LogP contribution in [0.1, 0.15) is 29.1 Å². The van der Waals surface area contributed by atoms with E-state index >= 15 is 0 Å². The Labute approximate surface area is 109 Å². The number of rotatable bonds is 6. The maximum Gasteiger partial charge on any atom is 0.354 e. The van der Waals surface area contributed by atoms with Crippen molar-refractivity contribution in [3.63, 3.8) is 0 Å². The number of carboxylic acid groups (broad SMARTS) is 1. The topological polar surface area (TPSA) is 101 Å². The van der Waals surface area contributed by atoms with E-state index < -0.39 is 5.97 Å². The SMILES string of the molecule is CCc1nc(CCNc2cccc(C(=O)O)n2)no1. The smallest absolute Gasteiger partial charge is 0.354 e. The van der Waals surface area contributed by atoms with E-state index in [2.05, 4.69) is 20.4 Å². The molecule has 0 atom stereocenters. The summed E-state index contributed by atoms with van der Waals surface area (Å²) in [6.45, 7) is 2.50. The monoisotopic (exact) mass is 262 g/mol. The summed E-state index contributed by atoms with van der Waals surface area (Å²) in [7, 11) is 0. The molecule has 0 radical (unpaired) electrons. The lowest BCUT2D eigenvalue weighted by Gasteiger charge is -2.04. The van der Waals surface area contributed by atoms with Crippen LogP contribution in [0.5, 0.6) is 0 Å². The second kappa shape index (κ2) is 5.94. The van der Waals surface area contributed by atoms with Gasteiger partial charge in [-0.2, -0.15) is 4.98 Å². The highest BCUT2D eigenvalue weighted by molar-refractivity contribution is 5.85. The normalized spacial score (nSPS) is 10.4. The molecule has 0 aliphatic carbocycles. The Bertz CT molecular complexity index is 568. The molecule has 0 amide bonds. The van der Waals surface area contributed by atoms with Crippen molar-refractivity contribution in [1.82, 2.24) is 15.1 Å². The summed E-state index contributed by atoms with van der Waals surface area (Å²) in [6.07, 6.45) is 1.30. The fourth-order valence-corrected chi connectivity index (χ4v) is 1.49. The van der Waals surface area contributed by atoms with Crippen molar-refractivity contribution in [2.75, 3.05) is 11.9 Å². The number of hydrogen-bond acceptors (Lipinski definition) is 6. The van der Waals surface area contributed by atoms with Gasteiger partial charge in [-0.15, -0.1) is 0 Å². The van der Waals surface area contributed by atoms with Crippen molar-refractivity contribution in [2.24, 2.45) is 0 Å². The molecule has 0 spiro atoms. The van der Waals surface area contributed by atoms with E-state index in [4.69, 9.17) is 9.63 Å². The minimum Gasteiger partial charge on any atom is -0.477 e. The van der Waals surface area contributed by atoms with Gasteiger partial charge in [0.15, 0.2) is 11.5 Å². The van der Waals surface area contributed by atoms with Crippen molar-refractivity contribution < 1.29 is 14.4 Å². The van der Waals surface area contributed by atoms with Crippen LogP contribution in [0, 0.1) is 0 Å². The van der Waals surface area contributed by atoms with E-state index in [1.165, 1.54) is 6.07 Å². The van der Waals surface area contributed by atoms with Crippen LogP contribution in [-0.4, -0.2) is 32.7 Å². The number of hydrogen-bond donors (Lipinski definition) is 2. The second-order valence-electron chi connectivity index (χ2n) is 3.85. The number of pyridine rings is 1. The zero-order valence-corrected chi connectivity index (χ0v) is 10.5. The molecular weight excluding hydrogens is 248 g/mol. The summed E-state index contributed by atoms with van der Waals surface area (Å²) < 4.78 is 4.98. The van der Waals surface area contributed by atoms with Crippen LogP contribution in [0.4, 0.5) is 5.82 Å². The Kier molecular flexibility index (Phi) is 4.07. The highest BCUT2D eigenvalue weighted by atomic mass is 16.5. The summed E-state index contributed by atoms with van der Waals surface area (Å²) in [5.41, 5.74) is 0.0119. The molecule has 0 fully saturated rings. The van der Waals surface area contributed by atoms with Crippen LogP contribution in [0.3, 0.4) is 0 Å². The molecule has 0 aromatic carbocycles. The molecule has 2 N–H and O–H groups in total. The van der Waals surface area contributed by atoms with Gasteiger partial charge in [-0.3, -0.25) is 0 Å². The predicted octanol–water partition coefficient (Wildman–Crippen LogP) is 1.38. The van der Waals surface area contributed by atoms with Gasteiger partial charge >= 0.3 is 5.97 Å². The van der Waals surface area contributed by atoms with E-state index in [1.807, 2.05) is 6.92 Å². The number of anilines is 1. The minimum absolute atomic E-state index is 0.0119. The molecule has 7 heteroatoms. The van der Waals surface area contributed by atoms with E-state index in [0.717, 1.165) is 0 Å². The summed E-state index contributed by atoms with van der Waals surface area (Å²) in [6, 6.07) is 4.79. The number of aromatic nitrogens is 3. The quantitative estimate of drug-likeness (QED) is 0.810. The third-order valence-electron chi connectivity index (χ3n) is 2.44. The van der Waals surface area contributed by atoms with Gasteiger partial charge in [0.05, 0.1) is 0 Å². The summed E-state index contributed by atoms with van der Waals surface area (Å²) in [4.78, 5) is 18.9. The average Bonchev–Trinajstić information content (AvgIpc) is 2.87. The first-order valence-corrected chi connectivity index (χ1v) is 5.94. The highest BCUT2D eigenvalue weighted by Gasteiger charge is 2.06. The van der Waals surface area contributed by atoms with Gasteiger partial charge in [-0.1, -0.05) is 18.1 Å². The van der Waals surface area contributed by atoms with Crippen LogP contribution in [0.2, 0.25) is 0 Å². The van der Waals surface area contributed by atoms with Gasteiger partial charge in [-0.05, 0) is 12.1 Å². The largest absolute Gasteiger partial charge is 0.477 e. The summed E-state index contributed by atoms with van der Waals surface area (Å²) >= 11 is 0. The second-order valence-corrected chi connectivity index (χ2v) is 3.85. The molecule has 2 heterocycles. The molecule has 2 aromatic rings. The van der Waals surface area contributed by atoms with Crippen LogP contribution >= 0.6 is 0 Å². The van der Waals surface area contributed by atoms with Gasteiger partial charge in [0.1, 0.15) is 5.82 Å². The van der Waals surface area contributed by atoms with Crippen LogP contribution in [-0.2, 0) is 12.8 Å². The average molecular weight is 262 g/mol. The van der Waals surface area contributed by atoms with Crippen molar-refractivity contribution in [2.45, 2.75) is 19.8 Å². The molecule has 100 valence electrons. The molecule has 7 nitrogen and oxygen atoms in total. The third kappa shape index (κ3) is 3.51. The summed E-state index contributed by atoms with van der Waals surface area (Å²) in [5.74, 6) is 0.702. The minimum atomic E-state index is -1.05. The van der Waals surface area contributed by atoms with Gasteiger partial charge in [0.25, 0.3) is 0 Å². The van der Waals surface area contributed by atoms with Crippen LogP contribution < -0.4 is 5.32 Å². The fraction of sp³-hybridized carbons (Fsp3) is 0.333. The fourth-order valence-electron chi connectivity index (χ4n) is 1.49. The van der Waals surface area contributed by atoms with Crippen molar-refractivity contribution in [3.05, 3.63) is 35.6 Å². The lowest BCUT2D eigenvalue weighted by atomic mass is 10.3. The predicted molar refractivity (Wildman–Crippen MR) is 67.1 cm³/mol. The molecule has 0 unspecified atom stereocenters. The van der Waals surface area contributed by atoms with Crippen molar-refractivity contribution in [1.29, 1.82) is 0 Å². The Morgan fingerprint density at radius 1 is 1.42 bits per heavy atom. The molecule has 19 heavy (non-hydrogen) atoms. The molecule has 0 bridgehead atoms. The van der Waals surface area contributed by atoms with Crippen molar-refractivity contribution in [3.8, 4) is 0 Å². The Morgan fingerprint density at radius 3 is 2.95 bits per heavy atom. The van der Waals surface area contributed by atoms with Gasteiger partial charge < -0.3 is 14.9 Å². The first-order chi connectivity index (χ1) is 9.19. The number of aromatic carboxylic acids is 1. The first kappa shape index (κ1) is 13.0.